The van der Waals surface area contributed by atoms with Crippen molar-refractivity contribution >= 4 is 23.2 Å². The van der Waals surface area contributed by atoms with Crippen LogP contribution in [0, 0.1) is 24.3 Å². The Hall–Kier alpha value is -3.63. The summed E-state index contributed by atoms with van der Waals surface area (Å²) in [5.74, 6) is -0.365. The minimum atomic E-state index is -0.859. The molecular formula is C31H33N5O4. The zero-order valence-corrected chi connectivity index (χ0v) is 22.8. The van der Waals surface area contributed by atoms with Crippen LogP contribution in [0.5, 0.6) is 0 Å². The summed E-state index contributed by atoms with van der Waals surface area (Å²) in [5.41, 5.74) is 4.36. The second-order valence-corrected chi connectivity index (χ2v) is 11.8. The van der Waals surface area contributed by atoms with Crippen molar-refractivity contribution in [3.05, 3.63) is 99.7 Å². The van der Waals surface area contributed by atoms with Gasteiger partial charge < -0.3 is 19.7 Å². The highest BCUT2D eigenvalue weighted by atomic mass is 16.6. The number of carbonyl (C=O) groups is 2. The van der Waals surface area contributed by atoms with E-state index in [0.29, 0.717) is 61.5 Å². The Morgan fingerprint density at radius 3 is 1.48 bits per heavy atom. The molecule has 7 rings (SSSR count). The molecule has 9 heteroatoms. The minimum absolute atomic E-state index is 0.183. The van der Waals surface area contributed by atoms with Crippen LogP contribution in [-0.2, 0) is 9.59 Å². The van der Waals surface area contributed by atoms with Gasteiger partial charge in [-0.25, -0.2) is 4.98 Å². The Morgan fingerprint density at radius 1 is 0.675 bits per heavy atom. The summed E-state index contributed by atoms with van der Waals surface area (Å²) in [6.07, 6.45) is 0.726. The SMILES string of the molecule is Cc1ccc(N2C(=O)[C@@H]3CCC[N@+]3([O-])[C@H]2c2cccc([C@H]3N(c4ccc(C)cc4)C(=O)[C@@H]4CCC[N@@+]43[O-])n2)cc1. The van der Waals surface area contributed by atoms with Gasteiger partial charge in [-0.05, 0) is 50.2 Å². The van der Waals surface area contributed by atoms with Gasteiger partial charge in [0, 0.05) is 25.7 Å². The number of amides is 2. The predicted molar refractivity (Wildman–Crippen MR) is 150 cm³/mol. The second kappa shape index (κ2) is 8.94. The Kier molecular flexibility index (Phi) is 5.66. The summed E-state index contributed by atoms with van der Waals surface area (Å²) in [6, 6.07) is 19.3. The van der Waals surface area contributed by atoms with E-state index in [0.717, 1.165) is 11.1 Å². The fourth-order valence-corrected chi connectivity index (χ4v) is 7.39. The Balaban J connectivity index is 1.36. The van der Waals surface area contributed by atoms with Gasteiger partial charge in [0.1, 0.15) is 11.4 Å². The Labute approximate surface area is 233 Å². The summed E-state index contributed by atoms with van der Waals surface area (Å²) < 4.78 is -1.34. The lowest BCUT2D eigenvalue weighted by molar-refractivity contribution is -0.905. The molecule has 4 aliphatic rings. The standard InChI is InChI=1S/C31H33N5O4/c1-20-10-14-22(15-11-20)33-28(35(39)18-4-8-26(35)30(33)37)24-6-3-7-25(32-24)29-34(23-16-12-21(2)13-17-23)31(38)27-9-5-19-36(27,29)40/h3,6-7,10-17,26-29H,4-5,8-9,18-19H2,1-2H3/t26-,27-,28-,29-,35+,36+/m0/s1. The van der Waals surface area contributed by atoms with E-state index in [9.17, 15) is 20.0 Å². The van der Waals surface area contributed by atoms with Gasteiger partial charge in [-0.2, -0.15) is 0 Å². The molecule has 0 aliphatic carbocycles. The van der Waals surface area contributed by atoms with Gasteiger partial charge in [-0.1, -0.05) is 41.5 Å². The van der Waals surface area contributed by atoms with E-state index in [1.807, 2.05) is 62.4 Å². The lowest BCUT2D eigenvalue weighted by atomic mass is 10.1. The molecule has 1 aromatic heterocycles. The molecule has 2 amide bonds. The van der Waals surface area contributed by atoms with Gasteiger partial charge >= 0.3 is 0 Å². The van der Waals surface area contributed by atoms with Gasteiger partial charge in [-0.15, -0.1) is 0 Å². The maximum Gasteiger partial charge on any atom is 0.290 e. The number of hydrogen-bond donors (Lipinski definition) is 0. The highest BCUT2D eigenvalue weighted by molar-refractivity contribution is 5.99. The first kappa shape index (κ1) is 25.3. The molecule has 4 aliphatic heterocycles. The van der Waals surface area contributed by atoms with Gasteiger partial charge in [0.15, 0.2) is 12.1 Å². The van der Waals surface area contributed by atoms with Crippen molar-refractivity contribution in [1.29, 1.82) is 0 Å². The average molecular weight is 540 g/mol. The second-order valence-electron chi connectivity index (χ2n) is 11.8. The first-order valence-electron chi connectivity index (χ1n) is 14.2. The van der Waals surface area contributed by atoms with Crippen molar-refractivity contribution in [2.45, 2.75) is 63.9 Å². The number of hydrogen-bond acceptors (Lipinski definition) is 5. The normalized spacial score (nSPS) is 33.1. The fraction of sp³-hybridized carbons (Fsp3) is 0.387. The molecule has 5 heterocycles. The lowest BCUT2D eigenvalue weighted by Crippen LogP contribution is -2.47. The first-order chi connectivity index (χ1) is 19.2. The molecule has 6 atom stereocenters. The van der Waals surface area contributed by atoms with E-state index in [4.69, 9.17) is 4.98 Å². The molecule has 0 radical (unpaired) electrons. The van der Waals surface area contributed by atoms with Gasteiger partial charge in [-0.3, -0.25) is 19.4 Å². The van der Waals surface area contributed by atoms with Gasteiger partial charge in [0.05, 0.1) is 24.5 Å². The maximum atomic E-state index is 14.4. The van der Waals surface area contributed by atoms with E-state index in [2.05, 4.69) is 0 Å². The summed E-state index contributed by atoms with van der Waals surface area (Å²) >= 11 is 0. The average Bonchev–Trinajstić information content (AvgIpc) is 3.63. The third kappa shape index (κ3) is 3.51. The number of anilines is 2. The monoisotopic (exact) mass is 539 g/mol. The zero-order valence-electron chi connectivity index (χ0n) is 22.8. The Bertz CT molecular complexity index is 1390. The molecule has 0 spiro atoms. The third-order valence-electron chi connectivity index (χ3n) is 9.33. The van der Waals surface area contributed by atoms with E-state index in [1.54, 1.807) is 28.0 Å². The predicted octanol–water partition coefficient (Wildman–Crippen LogP) is 4.74. The minimum Gasteiger partial charge on any atom is -0.630 e. The van der Waals surface area contributed by atoms with Crippen LogP contribution >= 0.6 is 0 Å². The van der Waals surface area contributed by atoms with Crippen molar-refractivity contribution in [1.82, 2.24) is 4.98 Å². The quantitative estimate of drug-likeness (QED) is 0.352. The lowest BCUT2D eigenvalue weighted by Gasteiger charge is -2.45. The number of aryl methyl sites for hydroxylation is 2. The van der Waals surface area contributed by atoms with Crippen LogP contribution in [0.1, 0.15) is 60.5 Å². The van der Waals surface area contributed by atoms with E-state index >= 15 is 0 Å². The summed E-state index contributed by atoms with van der Waals surface area (Å²) in [7, 11) is 0. The molecule has 4 saturated heterocycles. The molecule has 2 aromatic carbocycles. The van der Waals surface area contributed by atoms with Gasteiger partial charge in [0.25, 0.3) is 11.8 Å². The van der Waals surface area contributed by atoms with Crippen molar-refractivity contribution in [2.75, 3.05) is 22.9 Å². The molecule has 3 aromatic rings. The first-order valence-corrected chi connectivity index (χ1v) is 14.2. The van der Waals surface area contributed by atoms with E-state index in [1.165, 1.54) is 0 Å². The van der Waals surface area contributed by atoms with Crippen molar-refractivity contribution in [3.63, 3.8) is 0 Å². The van der Waals surface area contributed by atoms with Crippen LogP contribution in [0.25, 0.3) is 0 Å². The number of pyridine rings is 1. The van der Waals surface area contributed by atoms with Gasteiger partial charge in [0.2, 0.25) is 12.3 Å². The van der Waals surface area contributed by atoms with Crippen molar-refractivity contribution < 1.29 is 18.9 Å². The molecule has 206 valence electrons. The summed E-state index contributed by atoms with van der Waals surface area (Å²) in [5, 5.41) is 28.8. The van der Waals surface area contributed by atoms with E-state index < -0.39 is 33.7 Å². The molecule has 0 unspecified atom stereocenters. The Morgan fingerprint density at radius 2 is 1.07 bits per heavy atom. The maximum absolute atomic E-state index is 14.4. The topological polar surface area (TPSA) is 99.6 Å². The van der Waals surface area contributed by atoms with Crippen molar-refractivity contribution in [3.8, 4) is 0 Å². The molecule has 0 bridgehead atoms. The smallest absolute Gasteiger partial charge is 0.290 e. The number of aromatic nitrogens is 1. The van der Waals surface area contributed by atoms with Crippen LogP contribution in [-0.4, -0.2) is 51.3 Å². The van der Waals surface area contributed by atoms with Crippen LogP contribution in [0.4, 0.5) is 11.4 Å². The largest absolute Gasteiger partial charge is 0.630 e. The van der Waals surface area contributed by atoms with Crippen LogP contribution in [0.15, 0.2) is 66.7 Å². The molecule has 40 heavy (non-hydrogen) atoms. The van der Waals surface area contributed by atoms with Crippen LogP contribution in [0.2, 0.25) is 0 Å². The number of fused-ring (bicyclic) bond motifs is 2. The fourth-order valence-electron chi connectivity index (χ4n) is 7.39. The third-order valence-corrected chi connectivity index (χ3v) is 9.33. The molecule has 0 N–H and O–H groups in total. The number of benzene rings is 2. The number of quaternary nitrogens is 2. The molecule has 0 saturated carbocycles. The zero-order chi connectivity index (χ0) is 27.8. The van der Waals surface area contributed by atoms with Crippen LogP contribution < -0.4 is 9.80 Å². The van der Waals surface area contributed by atoms with Crippen molar-refractivity contribution in [2.24, 2.45) is 0 Å². The molecule has 9 nitrogen and oxygen atoms in total. The number of nitrogens with zero attached hydrogens (tertiary/aromatic N) is 5. The summed E-state index contributed by atoms with van der Waals surface area (Å²) in [4.78, 5) is 35.6. The van der Waals surface area contributed by atoms with Crippen LogP contribution in [0.3, 0.4) is 0 Å². The highest BCUT2D eigenvalue weighted by Crippen LogP contribution is 2.50. The summed E-state index contributed by atoms with van der Waals surface area (Å²) in [6.45, 7) is 4.62. The number of carbonyl (C=O) groups excluding carboxylic acids is 2. The highest BCUT2D eigenvalue weighted by Gasteiger charge is 2.61. The molecule has 4 fully saturated rings. The van der Waals surface area contributed by atoms with E-state index in [-0.39, 0.29) is 11.8 Å². The number of hydroxylamine groups is 6. The molecular weight excluding hydrogens is 506 g/mol. The number of rotatable bonds is 4.